The maximum atomic E-state index is 13.0. The molecule has 0 saturated carbocycles. The van der Waals surface area contributed by atoms with Gasteiger partial charge in [0.1, 0.15) is 5.71 Å². The van der Waals surface area contributed by atoms with E-state index in [-0.39, 0.29) is 11.8 Å². The zero-order valence-corrected chi connectivity index (χ0v) is 18.1. The number of piperidine rings is 1. The largest absolute Gasteiger partial charge is 0.386 e. The first-order valence-corrected chi connectivity index (χ1v) is 10.8. The number of hydrogen-bond acceptors (Lipinski definition) is 5. The number of aromatic nitrogens is 1. The summed E-state index contributed by atoms with van der Waals surface area (Å²) >= 11 is 0. The number of carbonyl (C=O) groups excluding carboxylic acids is 2. The molecule has 4 rings (SSSR count). The lowest BCUT2D eigenvalue weighted by Crippen LogP contribution is -2.51. The molecular formula is C24H28N4O3. The van der Waals surface area contributed by atoms with Crippen LogP contribution in [0.25, 0.3) is 0 Å². The Bertz CT molecular complexity index is 974. The molecule has 2 amide bonds. The van der Waals surface area contributed by atoms with E-state index < -0.39 is 5.60 Å². The highest BCUT2D eigenvalue weighted by molar-refractivity contribution is 6.39. The average molecular weight is 421 g/mol. The van der Waals surface area contributed by atoms with Crippen LogP contribution in [0.5, 0.6) is 0 Å². The van der Waals surface area contributed by atoms with Gasteiger partial charge in [0.05, 0.1) is 18.8 Å². The van der Waals surface area contributed by atoms with Crippen LogP contribution in [0.2, 0.25) is 0 Å². The molecule has 162 valence electrons. The van der Waals surface area contributed by atoms with Crippen LogP contribution in [-0.2, 0) is 22.6 Å². The van der Waals surface area contributed by atoms with Crippen LogP contribution in [0.4, 0.5) is 0 Å². The molecule has 3 heterocycles. The molecule has 0 bridgehead atoms. The third kappa shape index (κ3) is 4.60. The predicted octanol–water partition coefficient (Wildman–Crippen LogP) is 3.05. The lowest BCUT2D eigenvalue weighted by atomic mass is 9.87. The molecule has 1 aromatic carbocycles. The minimum atomic E-state index is -0.617. The van der Waals surface area contributed by atoms with Crippen LogP contribution in [0, 0.1) is 0 Å². The van der Waals surface area contributed by atoms with Crippen LogP contribution >= 0.6 is 0 Å². The van der Waals surface area contributed by atoms with Crippen LogP contribution in [0.1, 0.15) is 47.8 Å². The Balaban J connectivity index is 1.39. The van der Waals surface area contributed by atoms with Gasteiger partial charge in [-0.1, -0.05) is 30.3 Å². The second-order valence-electron chi connectivity index (χ2n) is 8.35. The van der Waals surface area contributed by atoms with Gasteiger partial charge in [-0.05, 0) is 49.1 Å². The molecule has 1 atom stereocenters. The number of aryl methyl sites for hydroxylation is 1. The van der Waals surface area contributed by atoms with Gasteiger partial charge < -0.3 is 14.6 Å². The SMILES string of the molecule is CCc1ccc(C(=O)N2CCCC3(CC(C(=O)N(C)Cc4ccccn4)=NO3)C2)cc1. The van der Waals surface area contributed by atoms with Crippen molar-refractivity contribution in [3.05, 3.63) is 65.5 Å². The quantitative estimate of drug-likeness (QED) is 0.745. The molecule has 2 aliphatic heterocycles. The smallest absolute Gasteiger partial charge is 0.271 e. The topological polar surface area (TPSA) is 75.1 Å². The van der Waals surface area contributed by atoms with E-state index in [9.17, 15) is 9.59 Å². The van der Waals surface area contributed by atoms with E-state index in [1.54, 1.807) is 18.1 Å². The summed E-state index contributed by atoms with van der Waals surface area (Å²) in [4.78, 5) is 39.4. The molecule has 1 aromatic heterocycles. The molecule has 7 nitrogen and oxygen atoms in total. The Hall–Kier alpha value is -3.22. The van der Waals surface area contributed by atoms with Gasteiger partial charge in [-0.2, -0.15) is 0 Å². The molecule has 2 aliphatic rings. The number of likely N-dealkylation sites (tertiary alicyclic amines) is 1. The molecule has 1 fully saturated rings. The number of nitrogens with zero attached hydrogens (tertiary/aromatic N) is 4. The maximum Gasteiger partial charge on any atom is 0.271 e. The zero-order chi connectivity index (χ0) is 21.8. The Morgan fingerprint density at radius 2 is 2.00 bits per heavy atom. The highest BCUT2D eigenvalue weighted by atomic mass is 16.7. The van der Waals surface area contributed by atoms with Gasteiger partial charge >= 0.3 is 0 Å². The molecule has 0 radical (unpaired) electrons. The average Bonchev–Trinajstić information content (AvgIpc) is 3.21. The number of rotatable bonds is 5. The molecular weight excluding hydrogens is 392 g/mol. The molecule has 1 unspecified atom stereocenters. The minimum absolute atomic E-state index is 0.00243. The standard InChI is InChI=1S/C24H28N4O3/c1-3-18-8-10-19(11-9-18)22(29)28-14-6-12-24(17-28)15-21(26-31-24)23(30)27(2)16-20-7-4-5-13-25-20/h4-5,7-11,13H,3,6,12,14-17H2,1-2H3. The molecule has 0 N–H and O–H groups in total. The zero-order valence-electron chi connectivity index (χ0n) is 18.1. The van der Waals surface area contributed by atoms with Crippen LogP contribution in [0.3, 0.4) is 0 Å². The van der Waals surface area contributed by atoms with Crippen molar-refractivity contribution in [2.24, 2.45) is 5.16 Å². The second-order valence-corrected chi connectivity index (χ2v) is 8.35. The normalized spacial score (nSPS) is 20.3. The summed E-state index contributed by atoms with van der Waals surface area (Å²) in [5.41, 5.74) is 2.49. The van der Waals surface area contributed by atoms with Crippen molar-refractivity contribution in [2.75, 3.05) is 20.1 Å². The second kappa shape index (κ2) is 8.88. The van der Waals surface area contributed by atoms with Gasteiger partial charge in [-0.25, -0.2) is 0 Å². The van der Waals surface area contributed by atoms with Crippen molar-refractivity contribution in [3.63, 3.8) is 0 Å². The van der Waals surface area contributed by atoms with Crippen molar-refractivity contribution in [1.82, 2.24) is 14.8 Å². The van der Waals surface area contributed by atoms with E-state index in [4.69, 9.17) is 4.84 Å². The summed E-state index contributed by atoms with van der Waals surface area (Å²) in [5, 5.41) is 4.13. The van der Waals surface area contributed by atoms with Crippen molar-refractivity contribution in [1.29, 1.82) is 0 Å². The third-order valence-corrected chi connectivity index (χ3v) is 5.99. The Labute approximate surface area is 182 Å². The monoisotopic (exact) mass is 420 g/mol. The number of carbonyl (C=O) groups is 2. The Morgan fingerprint density at radius 3 is 2.71 bits per heavy atom. The molecule has 2 aromatic rings. The molecule has 7 heteroatoms. The van der Waals surface area contributed by atoms with Crippen LogP contribution in [-0.4, -0.2) is 58.0 Å². The van der Waals surface area contributed by atoms with E-state index in [0.29, 0.717) is 37.3 Å². The summed E-state index contributed by atoms with van der Waals surface area (Å²) in [6.07, 6.45) is 4.66. The van der Waals surface area contributed by atoms with Gasteiger partial charge in [0.2, 0.25) is 0 Å². The van der Waals surface area contributed by atoms with E-state index >= 15 is 0 Å². The highest BCUT2D eigenvalue weighted by Crippen LogP contribution is 2.34. The predicted molar refractivity (Wildman–Crippen MR) is 118 cm³/mol. The van der Waals surface area contributed by atoms with Gasteiger partial charge in [0.25, 0.3) is 11.8 Å². The van der Waals surface area contributed by atoms with Gasteiger partial charge in [0.15, 0.2) is 5.60 Å². The van der Waals surface area contributed by atoms with E-state index in [0.717, 1.165) is 25.0 Å². The maximum absolute atomic E-state index is 13.0. The van der Waals surface area contributed by atoms with E-state index in [1.807, 2.05) is 47.4 Å². The van der Waals surface area contributed by atoms with Crippen LogP contribution in [0.15, 0.2) is 53.8 Å². The highest BCUT2D eigenvalue weighted by Gasteiger charge is 2.46. The summed E-state index contributed by atoms with van der Waals surface area (Å²) < 4.78 is 0. The summed E-state index contributed by atoms with van der Waals surface area (Å²) in [6, 6.07) is 13.4. The van der Waals surface area contributed by atoms with Gasteiger partial charge in [-0.15, -0.1) is 0 Å². The number of amides is 2. The van der Waals surface area contributed by atoms with Crippen molar-refractivity contribution in [3.8, 4) is 0 Å². The van der Waals surface area contributed by atoms with Crippen molar-refractivity contribution >= 4 is 17.5 Å². The van der Waals surface area contributed by atoms with E-state index in [1.165, 1.54) is 5.56 Å². The number of oxime groups is 1. The summed E-state index contributed by atoms with van der Waals surface area (Å²) in [5.74, 6) is -0.168. The summed E-state index contributed by atoms with van der Waals surface area (Å²) in [7, 11) is 1.74. The fourth-order valence-corrected chi connectivity index (χ4v) is 4.22. The van der Waals surface area contributed by atoms with Crippen LogP contribution < -0.4 is 0 Å². The van der Waals surface area contributed by atoms with Crippen molar-refractivity contribution < 1.29 is 14.4 Å². The van der Waals surface area contributed by atoms with Gasteiger partial charge in [-0.3, -0.25) is 14.6 Å². The Kier molecular flexibility index (Phi) is 6.02. The van der Waals surface area contributed by atoms with Gasteiger partial charge in [0, 0.05) is 31.8 Å². The first-order chi connectivity index (χ1) is 15.0. The first-order valence-electron chi connectivity index (χ1n) is 10.8. The number of hydrogen-bond donors (Lipinski definition) is 0. The minimum Gasteiger partial charge on any atom is -0.386 e. The Morgan fingerprint density at radius 1 is 1.19 bits per heavy atom. The number of benzene rings is 1. The lowest BCUT2D eigenvalue weighted by Gasteiger charge is -2.38. The lowest BCUT2D eigenvalue weighted by molar-refractivity contribution is -0.123. The fraction of sp³-hybridized carbons (Fsp3) is 0.417. The molecule has 1 spiro atoms. The fourth-order valence-electron chi connectivity index (χ4n) is 4.22. The first kappa shape index (κ1) is 21.0. The molecule has 1 saturated heterocycles. The summed E-state index contributed by atoms with van der Waals surface area (Å²) in [6.45, 7) is 3.62. The molecule has 31 heavy (non-hydrogen) atoms. The molecule has 0 aliphatic carbocycles. The van der Waals surface area contributed by atoms with E-state index in [2.05, 4.69) is 17.1 Å². The van der Waals surface area contributed by atoms with Crippen molar-refractivity contribution in [2.45, 2.75) is 44.8 Å². The third-order valence-electron chi connectivity index (χ3n) is 5.99. The number of pyridine rings is 1.